The van der Waals surface area contributed by atoms with Crippen LogP contribution in [0.5, 0.6) is 11.5 Å². The normalized spacial score (nSPS) is 16.3. The summed E-state index contributed by atoms with van der Waals surface area (Å²) in [6.07, 6.45) is 1.75. The van der Waals surface area contributed by atoms with Gasteiger partial charge in [-0.15, -0.1) is 0 Å². The summed E-state index contributed by atoms with van der Waals surface area (Å²) in [6.45, 7) is 1.36. The molecule has 0 radical (unpaired) electrons. The maximum atomic E-state index is 11.4. The van der Waals surface area contributed by atoms with Gasteiger partial charge in [-0.05, 0) is 49.9 Å². The molecule has 1 N–H and O–H groups in total. The first-order valence-corrected chi connectivity index (χ1v) is 7.74. The Kier molecular flexibility index (Phi) is 4.31. The van der Waals surface area contributed by atoms with Crippen molar-refractivity contribution in [3.05, 3.63) is 63.2 Å². The second kappa shape index (κ2) is 6.41. The third kappa shape index (κ3) is 3.00. The van der Waals surface area contributed by atoms with Crippen molar-refractivity contribution in [2.75, 3.05) is 0 Å². The van der Waals surface area contributed by atoms with Gasteiger partial charge in [-0.1, -0.05) is 12.1 Å². The van der Waals surface area contributed by atoms with E-state index in [0.29, 0.717) is 12.2 Å². The molecule has 0 saturated carbocycles. The van der Waals surface area contributed by atoms with E-state index in [9.17, 15) is 20.0 Å². The smallest absolute Gasteiger partial charge is 0.312 e. The maximum absolute atomic E-state index is 11.4. The molecule has 0 amide bonds. The number of nitro groups is 1. The highest BCUT2D eigenvalue weighted by molar-refractivity contribution is 5.95. The van der Waals surface area contributed by atoms with Gasteiger partial charge >= 0.3 is 5.69 Å². The molecule has 2 aromatic carbocycles. The van der Waals surface area contributed by atoms with E-state index in [0.717, 1.165) is 24.0 Å². The Morgan fingerprint density at radius 3 is 2.79 bits per heavy atom. The number of carbonyl (C=O) groups is 1. The molecule has 6 nitrogen and oxygen atoms in total. The van der Waals surface area contributed by atoms with Crippen LogP contribution >= 0.6 is 0 Å². The van der Waals surface area contributed by atoms with Gasteiger partial charge in [0.15, 0.2) is 5.78 Å². The fourth-order valence-corrected chi connectivity index (χ4v) is 2.97. The molecule has 0 heterocycles. The lowest BCUT2D eigenvalue weighted by Gasteiger charge is -2.23. The molecular weight excluding hydrogens is 310 g/mol. The van der Waals surface area contributed by atoms with Crippen LogP contribution < -0.4 is 4.74 Å². The zero-order valence-corrected chi connectivity index (χ0v) is 13.2. The topological polar surface area (TPSA) is 89.7 Å². The molecule has 3 rings (SSSR count). The summed E-state index contributed by atoms with van der Waals surface area (Å²) in [5, 5.41) is 21.4. The summed E-state index contributed by atoms with van der Waals surface area (Å²) < 4.78 is 5.79. The van der Waals surface area contributed by atoms with E-state index in [1.165, 1.54) is 25.1 Å². The number of benzene rings is 2. The second-order valence-electron chi connectivity index (χ2n) is 5.83. The number of hydrogen-bond donors (Lipinski definition) is 1. The van der Waals surface area contributed by atoms with Gasteiger partial charge in [-0.25, -0.2) is 0 Å². The van der Waals surface area contributed by atoms with Crippen LogP contribution in [0, 0.1) is 10.1 Å². The van der Waals surface area contributed by atoms with E-state index in [1.807, 2.05) is 6.07 Å². The van der Waals surface area contributed by atoms with Crippen LogP contribution in [0.3, 0.4) is 0 Å². The zero-order valence-electron chi connectivity index (χ0n) is 13.2. The lowest BCUT2D eigenvalue weighted by Crippen LogP contribution is -2.10. The van der Waals surface area contributed by atoms with Crippen LogP contribution in [0.25, 0.3) is 0 Å². The first-order chi connectivity index (χ1) is 11.5. The number of aliphatic hydroxyl groups excluding tert-OH is 1. The number of hydrogen-bond acceptors (Lipinski definition) is 5. The second-order valence-corrected chi connectivity index (χ2v) is 5.83. The van der Waals surface area contributed by atoms with Gasteiger partial charge in [-0.3, -0.25) is 14.9 Å². The minimum atomic E-state index is -0.563. The van der Waals surface area contributed by atoms with Crippen LogP contribution in [-0.2, 0) is 6.42 Å². The fourth-order valence-electron chi connectivity index (χ4n) is 2.97. The summed E-state index contributed by atoms with van der Waals surface area (Å²) >= 11 is 0. The number of rotatable bonds is 4. The van der Waals surface area contributed by atoms with E-state index in [1.54, 1.807) is 12.1 Å². The van der Waals surface area contributed by atoms with E-state index >= 15 is 0 Å². The Hall–Kier alpha value is -2.73. The van der Waals surface area contributed by atoms with Gasteiger partial charge in [0.25, 0.3) is 0 Å². The number of nitrogens with zero attached hydrogens (tertiary/aromatic N) is 1. The summed E-state index contributed by atoms with van der Waals surface area (Å²) in [5.41, 5.74) is 1.69. The Morgan fingerprint density at radius 1 is 1.29 bits per heavy atom. The van der Waals surface area contributed by atoms with Crippen LogP contribution in [0.15, 0.2) is 36.4 Å². The summed E-state index contributed by atoms with van der Waals surface area (Å²) in [5.74, 6) is 0.341. The quantitative estimate of drug-likeness (QED) is 0.521. The Balaban J connectivity index is 2.02. The van der Waals surface area contributed by atoms with Gasteiger partial charge in [-0.2, -0.15) is 0 Å². The van der Waals surface area contributed by atoms with Gasteiger partial charge in [0.2, 0.25) is 5.75 Å². The molecular formula is C18H17NO5. The Morgan fingerprint density at radius 2 is 2.08 bits per heavy atom. The minimum Gasteiger partial charge on any atom is -0.450 e. The molecule has 0 bridgehead atoms. The zero-order chi connectivity index (χ0) is 17.3. The maximum Gasteiger partial charge on any atom is 0.312 e. The van der Waals surface area contributed by atoms with Crippen molar-refractivity contribution in [1.82, 2.24) is 0 Å². The summed E-state index contributed by atoms with van der Waals surface area (Å²) in [4.78, 5) is 22.2. The fraction of sp³-hybridized carbons (Fsp3) is 0.278. The average Bonchev–Trinajstić information content (AvgIpc) is 2.56. The van der Waals surface area contributed by atoms with Crippen LogP contribution in [0.4, 0.5) is 5.69 Å². The third-order valence-electron chi connectivity index (χ3n) is 4.21. The first-order valence-electron chi connectivity index (χ1n) is 7.74. The van der Waals surface area contributed by atoms with E-state index in [-0.39, 0.29) is 22.8 Å². The SMILES string of the molecule is CC(=O)c1ccc(Oc2cccc3c2CCC[C@H]3O)c([N+](=O)[O-])c1. The molecule has 0 aromatic heterocycles. The average molecular weight is 327 g/mol. The van der Waals surface area contributed by atoms with Crippen molar-refractivity contribution in [1.29, 1.82) is 0 Å². The summed E-state index contributed by atoms with van der Waals surface area (Å²) in [6, 6.07) is 9.52. The molecule has 1 atom stereocenters. The number of ether oxygens (including phenoxy) is 1. The van der Waals surface area contributed by atoms with Crippen molar-refractivity contribution in [3.63, 3.8) is 0 Å². The molecule has 0 spiro atoms. The number of Topliss-reactive ketones (excluding diaryl/α,β-unsaturated/α-hetero) is 1. The predicted molar refractivity (Wildman–Crippen MR) is 87.5 cm³/mol. The molecule has 0 aliphatic heterocycles. The highest BCUT2D eigenvalue weighted by atomic mass is 16.6. The number of ketones is 1. The highest BCUT2D eigenvalue weighted by Gasteiger charge is 2.23. The summed E-state index contributed by atoms with van der Waals surface area (Å²) in [7, 11) is 0. The molecule has 24 heavy (non-hydrogen) atoms. The monoisotopic (exact) mass is 327 g/mol. The van der Waals surface area contributed by atoms with Crippen LogP contribution in [0.1, 0.15) is 47.4 Å². The number of carbonyl (C=O) groups excluding carboxylic acids is 1. The predicted octanol–water partition coefficient (Wildman–Crippen LogP) is 3.96. The minimum absolute atomic E-state index is 0.0819. The number of nitro benzene ring substituents is 1. The molecule has 124 valence electrons. The molecule has 0 fully saturated rings. The van der Waals surface area contributed by atoms with Crippen molar-refractivity contribution < 1.29 is 19.6 Å². The van der Waals surface area contributed by atoms with Crippen molar-refractivity contribution in [2.45, 2.75) is 32.3 Å². The van der Waals surface area contributed by atoms with Crippen LogP contribution in [-0.4, -0.2) is 15.8 Å². The van der Waals surface area contributed by atoms with Crippen molar-refractivity contribution in [2.24, 2.45) is 0 Å². The molecule has 2 aromatic rings. The van der Waals surface area contributed by atoms with Gasteiger partial charge in [0.1, 0.15) is 5.75 Å². The molecule has 0 saturated heterocycles. The highest BCUT2D eigenvalue weighted by Crippen LogP contribution is 2.39. The van der Waals surface area contributed by atoms with Crippen molar-refractivity contribution >= 4 is 11.5 Å². The first kappa shape index (κ1) is 16.1. The van der Waals surface area contributed by atoms with E-state index in [4.69, 9.17) is 4.74 Å². The number of fused-ring (bicyclic) bond motifs is 1. The molecule has 1 aliphatic carbocycles. The lowest BCUT2D eigenvalue weighted by molar-refractivity contribution is -0.385. The third-order valence-corrected chi connectivity index (χ3v) is 4.21. The van der Waals surface area contributed by atoms with Crippen LogP contribution in [0.2, 0.25) is 0 Å². The molecule has 6 heteroatoms. The van der Waals surface area contributed by atoms with E-state index < -0.39 is 11.0 Å². The number of aliphatic hydroxyl groups is 1. The Bertz CT molecular complexity index is 815. The van der Waals surface area contributed by atoms with Gasteiger partial charge in [0, 0.05) is 17.2 Å². The van der Waals surface area contributed by atoms with Gasteiger partial charge in [0.05, 0.1) is 11.0 Å². The molecule has 1 aliphatic rings. The Labute approximate surface area is 138 Å². The standard InChI is InChI=1S/C18H17NO5/c1-11(20)12-8-9-18(15(10-12)19(22)23)24-17-7-3-4-13-14(17)5-2-6-16(13)21/h3-4,7-10,16,21H,2,5-6H2,1H3/t16-/m1/s1. The molecule has 0 unspecified atom stereocenters. The lowest BCUT2D eigenvalue weighted by atomic mass is 9.89. The largest absolute Gasteiger partial charge is 0.450 e. The van der Waals surface area contributed by atoms with E-state index in [2.05, 4.69) is 0 Å². The van der Waals surface area contributed by atoms with Gasteiger partial charge < -0.3 is 9.84 Å². The van der Waals surface area contributed by atoms with Crippen molar-refractivity contribution in [3.8, 4) is 11.5 Å².